The molecule has 0 saturated heterocycles. The fourth-order valence-electron chi connectivity index (χ4n) is 2.55. The van der Waals surface area contributed by atoms with Crippen LogP contribution in [0.4, 0.5) is 0 Å². The number of halogens is 2. The summed E-state index contributed by atoms with van der Waals surface area (Å²) in [6.45, 7) is 4.35. The van der Waals surface area contributed by atoms with Gasteiger partial charge in [0.2, 0.25) is 5.16 Å². The molecule has 0 spiro atoms. The predicted molar refractivity (Wildman–Crippen MR) is 119 cm³/mol. The Hall–Kier alpha value is -1.42. The molecule has 0 saturated carbocycles. The summed E-state index contributed by atoms with van der Waals surface area (Å²) in [4.78, 5) is 0. The number of rotatable bonds is 10. The molecule has 1 aromatic heterocycles. The standard InChI is InChI=1S/C19H21Br2N5OS/c1-2-9-27-18-14(11-15(20)12-17(18)21)13-22-8-10-28-19-23-24-25-26(19)16-6-4-3-5-7-16/h3-7,11-12,22H,2,8-10,13H2,1H3. The molecule has 0 fully saturated rings. The number of aromatic nitrogens is 4. The number of para-hydroxylation sites is 1. The maximum atomic E-state index is 5.91. The molecule has 0 unspecified atom stereocenters. The second-order valence-corrected chi connectivity index (χ2v) is 8.79. The van der Waals surface area contributed by atoms with Crippen LogP contribution in [0, 0.1) is 0 Å². The van der Waals surface area contributed by atoms with E-state index < -0.39 is 0 Å². The molecular formula is C19H21Br2N5OS. The van der Waals surface area contributed by atoms with Gasteiger partial charge < -0.3 is 10.1 Å². The molecule has 0 aliphatic carbocycles. The summed E-state index contributed by atoms with van der Waals surface area (Å²) in [6, 6.07) is 14.0. The Balaban J connectivity index is 1.53. The van der Waals surface area contributed by atoms with Crippen LogP contribution in [-0.4, -0.2) is 39.1 Å². The Morgan fingerprint density at radius 2 is 2.00 bits per heavy atom. The van der Waals surface area contributed by atoms with Crippen LogP contribution >= 0.6 is 43.6 Å². The van der Waals surface area contributed by atoms with Gasteiger partial charge in [0.25, 0.3) is 0 Å². The van der Waals surface area contributed by atoms with Crippen molar-refractivity contribution in [3.05, 3.63) is 57.0 Å². The second kappa shape index (κ2) is 10.9. The van der Waals surface area contributed by atoms with Crippen molar-refractivity contribution in [2.75, 3.05) is 18.9 Å². The highest BCUT2D eigenvalue weighted by Gasteiger charge is 2.11. The maximum absolute atomic E-state index is 5.91. The monoisotopic (exact) mass is 525 g/mol. The first kappa shape index (κ1) is 21.3. The predicted octanol–water partition coefficient (Wildman–Crippen LogP) is 4.86. The molecule has 0 bridgehead atoms. The lowest BCUT2D eigenvalue weighted by Gasteiger charge is -2.14. The summed E-state index contributed by atoms with van der Waals surface area (Å²) in [5.74, 6) is 1.76. The van der Waals surface area contributed by atoms with Crippen molar-refractivity contribution in [1.29, 1.82) is 0 Å². The average molecular weight is 527 g/mol. The van der Waals surface area contributed by atoms with E-state index >= 15 is 0 Å². The van der Waals surface area contributed by atoms with Crippen molar-refractivity contribution in [2.24, 2.45) is 0 Å². The molecule has 0 amide bonds. The minimum absolute atomic E-state index is 0.700. The SMILES string of the molecule is CCCOc1c(Br)cc(Br)cc1CNCCSc1nnnn1-c1ccccc1. The van der Waals surface area contributed by atoms with Crippen LogP contribution in [0.5, 0.6) is 5.75 Å². The van der Waals surface area contributed by atoms with Crippen molar-refractivity contribution >= 4 is 43.6 Å². The van der Waals surface area contributed by atoms with Gasteiger partial charge >= 0.3 is 0 Å². The van der Waals surface area contributed by atoms with E-state index in [0.717, 1.165) is 56.4 Å². The van der Waals surface area contributed by atoms with E-state index in [4.69, 9.17) is 4.74 Å². The summed E-state index contributed by atoms with van der Waals surface area (Å²) in [6.07, 6.45) is 0.974. The van der Waals surface area contributed by atoms with Gasteiger partial charge in [-0.1, -0.05) is 52.8 Å². The first-order chi connectivity index (χ1) is 13.7. The van der Waals surface area contributed by atoms with Gasteiger partial charge in [0.05, 0.1) is 16.8 Å². The molecule has 0 radical (unpaired) electrons. The van der Waals surface area contributed by atoms with Gasteiger partial charge in [-0.15, -0.1) is 5.10 Å². The smallest absolute Gasteiger partial charge is 0.214 e. The zero-order chi connectivity index (χ0) is 19.8. The Kier molecular flexibility index (Phi) is 8.32. The van der Waals surface area contributed by atoms with Crippen molar-refractivity contribution in [3.8, 4) is 11.4 Å². The van der Waals surface area contributed by atoms with E-state index in [1.54, 1.807) is 16.4 Å². The van der Waals surface area contributed by atoms with Crippen LogP contribution in [0.15, 0.2) is 56.6 Å². The van der Waals surface area contributed by atoms with Gasteiger partial charge in [0.1, 0.15) is 5.75 Å². The number of tetrazole rings is 1. The molecule has 3 aromatic rings. The number of nitrogens with one attached hydrogen (secondary N) is 1. The fraction of sp³-hybridized carbons (Fsp3) is 0.316. The third-order valence-electron chi connectivity index (χ3n) is 3.80. The summed E-state index contributed by atoms with van der Waals surface area (Å²) < 4.78 is 9.65. The highest BCUT2D eigenvalue weighted by atomic mass is 79.9. The van der Waals surface area contributed by atoms with E-state index in [0.29, 0.717) is 6.61 Å². The van der Waals surface area contributed by atoms with Gasteiger partial charge in [-0.05, 0) is 57.0 Å². The van der Waals surface area contributed by atoms with Crippen LogP contribution in [-0.2, 0) is 6.54 Å². The molecule has 6 nitrogen and oxygen atoms in total. The van der Waals surface area contributed by atoms with Gasteiger partial charge in [-0.3, -0.25) is 0 Å². The largest absolute Gasteiger partial charge is 0.492 e. The van der Waals surface area contributed by atoms with E-state index in [-0.39, 0.29) is 0 Å². The van der Waals surface area contributed by atoms with E-state index in [1.807, 2.05) is 36.4 Å². The minimum Gasteiger partial charge on any atom is -0.492 e. The number of thioether (sulfide) groups is 1. The zero-order valence-electron chi connectivity index (χ0n) is 15.4. The summed E-state index contributed by atoms with van der Waals surface area (Å²) in [5.41, 5.74) is 2.08. The Labute approximate surface area is 185 Å². The quantitative estimate of drug-likeness (QED) is 0.300. The molecule has 3 rings (SSSR count). The number of hydrogen-bond donors (Lipinski definition) is 1. The normalized spacial score (nSPS) is 11.0. The number of ether oxygens (including phenoxy) is 1. The van der Waals surface area contributed by atoms with Crippen LogP contribution in [0.3, 0.4) is 0 Å². The van der Waals surface area contributed by atoms with Crippen LogP contribution in [0.25, 0.3) is 5.69 Å². The van der Waals surface area contributed by atoms with E-state index in [1.165, 1.54) is 0 Å². The Morgan fingerprint density at radius 3 is 2.79 bits per heavy atom. The average Bonchev–Trinajstić information content (AvgIpc) is 3.16. The lowest BCUT2D eigenvalue weighted by molar-refractivity contribution is 0.311. The molecule has 28 heavy (non-hydrogen) atoms. The zero-order valence-corrected chi connectivity index (χ0v) is 19.4. The van der Waals surface area contributed by atoms with Crippen LogP contribution in [0.2, 0.25) is 0 Å². The fourth-order valence-corrected chi connectivity index (χ4v) is 4.76. The van der Waals surface area contributed by atoms with Crippen LogP contribution in [0.1, 0.15) is 18.9 Å². The van der Waals surface area contributed by atoms with Gasteiger partial charge in [-0.2, -0.15) is 4.68 Å². The summed E-state index contributed by atoms with van der Waals surface area (Å²) >= 11 is 8.77. The highest BCUT2D eigenvalue weighted by molar-refractivity contribution is 9.11. The maximum Gasteiger partial charge on any atom is 0.214 e. The van der Waals surface area contributed by atoms with Gasteiger partial charge in [0, 0.05) is 28.9 Å². The van der Waals surface area contributed by atoms with Crippen molar-refractivity contribution in [2.45, 2.75) is 25.0 Å². The molecular weight excluding hydrogens is 506 g/mol. The Morgan fingerprint density at radius 1 is 1.18 bits per heavy atom. The third kappa shape index (κ3) is 5.79. The molecule has 0 aliphatic heterocycles. The lowest BCUT2D eigenvalue weighted by atomic mass is 10.2. The Bertz CT molecular complexity index is 891. The van der Waals surface area contributed by atoms with E-state index in [2.05, 4.69) is 65.7 Å². The third-order valence-corrected chi connectivity index (χ3v) is 5.77. The first-order valence-corrected chi connectivity index (χ1v) is 11.5. The highest BCUT2D eigenvalue weighted by Crippen LogP contribution is 2.33. The van der Waals surface area contributed by atoms with Crippen molar-refractivity contribution < 1.29 is 4.74 Å². The molecule has 1 N–H and O–H groups in total. The molecule has 0 aliphatic rings. The van der Waals surface area contributed by atoms with Gasteiger partial charge in [0.15, 0.2) is 0 Å². The van der Waals surface area contributed by atoms with Crippen molar-refractivity contribution in [1.82, 2.24) is 25.5 Å². The molecule has 0 atom stereocenters. The number of benzene rings is 2. The number of hydrogen-bond acceptors (Lipinski definition) is 6. The molecule has 1 heterocycles. The minimum atomic E-state index is 0.700. The summed E-state index contributed by atoms with van der Waals surface area (Å²) in [5, 5.41) is 16.3. The molecule has 9 heteroatoms. The number of nitrogens with zero attached hydrogens (tertiary/aromatic N) is 4. The van der Waals surface area contributed by atoms with Gasteiger partial charge in [-0.25, -0.2) is 0 Å². The van der Waals surface area contributed by atoms with Crippen molar-refractivity contribution in [3.63, 3.8) is 0 Å². The second-order valence-electron chi connectivity index (χ2n) is 5.96. The first-order valence-electron chi connectivity index (χ1n) is 8.97. The van der Waals surface area contributed by atoms with Crippen LogP contribution < -0.4 is 10.1 Å². The topological polar surface area (TPSA) is 64.9 Å². The van der Waals surface area contributed by atoms with E-state index in [9.17, 15) is 0 Å². The lowest BCUT2D eigenvalue weighted by Crippen LogP contribution is -2.17. The summed E-state index contributed by atoms with van der Waals surface area (Å²) in [7, 11) is 0. The molecule has 2 aromatic carbocycles. The molecule has 148 valence electrons.